The van der Waals surface area contributed by atoms with Crippen LogP contribution in [0.25, 0.3) is 0 Å². The molecular weight excluding hydrogens is 164 g/mol. The van der Waals surface area contributed by atoms with Crippen LogP contribution in [0.2, 0.25) is 0 Å². The molecule has 1 aromatic carbocycles. The molecule has 1 rings (SSSR count). The van der Waals surface area contributed by atoms with Crippen molar-refractivity contribution in [2.45, 2.75) is 20.3 Å². The fourth-order valence-corrected chi connectivity index (χ4v) is 0.710. The highest BCUT2D eigenvalue weighted by Crippen LogP contribution is 1.96. The lowest BCUT2D eigenvalue weighted by molar-refractivity contribution is -0.107. The summed E-state index contributed by atoms with van der Waals surface area (Å²) in [7, 11) is 1.00. The van der Waals surface area contributed by atoms with E-state index in [1.54, 1.807) is 0 Å². The van der Waals surface area contributed by atoms with Gasteiger partial charge in [-0.2, -0.15) is 0 Å². The minimum atomic E-state index is 0.529. The normalized spacial score (nSPS) is 7.08. The third kappa shape index (κ3) is 8.76. The molecule has 0 unspecified atom stereocenters. The van der Waals surface area contributed by atoms with E-state index in [0.717, 1.165) is 19.0 Å². The SMILES string of the molecule is CC.CO.O=CCc1ccccc1. The molecule has 0 aliphatic carbocycles. The van der Waals surface area contributed by atoms with Gasteiger partial charge in [-0.15, -0.1) is 0 Å². The van der Waals surface area contributed by atoms with Crippen LogP contribution >= 0.6 is 0 Å². The Bertz CT molecular complexity index is 183. The zero-order valence-corrected chi connectivity index (χ0v) is 8.53. The molecule has 0 spiro atoms. The summed E-state index contributed by atoms with van der Waals surface area (Å²) >= 11 is 0. The molecule has 13 heavy (non-hydrogen) atoms. The molecule has 1 aromatic rings. The summed E-state index contributed by atoms with van der Waals surface area (Å²) in [6.07, 6.45) is 1.44. The van der Waals surface area contributed by atoms with E-state index in [0.29, 0.717) is 6.42 Å². The van der Waals surface area contributed by atoms with Crippen molar-refractivity contribution < 1.29 is 9.90 Å². The Hall–Kier alpha value is -1.15. The van der Waals surface area contributed by atoms with Crippen molar-refractivity contribution >= 4 is 6.29 Å². The largest absolute Gasteiger partial charge is 0.400 e. The number of hydrogen-bond acceptors (Lipinski definition) is 2. The third-order valence-corrected chi connectivity index (χ3v) is 1.16. The summed E-state index contributed by atoms with van der Waals surface area (Å²) in [4.78, 5) is 9.97. The lowest BCUT2D eigenvalue weighted by Crippen LogP contribution is -1.82. The van der Waals surface area contributed by atoms with Crippen molar-refractivity contribution in [2.75, 3.05) is 7.11 Å². The first-order valence-electron chi connectivity index (χ1n) is 4.36. The van der Waals surface area contributed by atoms with E-state index in [4.69, 9.17) is 5.11 Å². The maximum Gasteiger partial charge on any atom is 0.124 e. The highest BCUT2D eigenvalue weighted by Gasteiger charge is 1.84. The van der Waals surface area contributed by atoms with Crippen molar-refractivity contribution in [2.24, 2.45) is 0 Å². The fraction of sp³-hybridized carbons (Fsp3) is 0.364. The number of carbonyl (C=O) groups excluding carboxylic acids is 1. The van der Waals surface area contributed by atoms with Crippen LogP contribution < -0.4 is 0 Å². The molecule has 2 nitrogen and oxygen atoms in total. The van der Waals surface area contributed by atoms with Crippen molar-refractivity contribution in [3.63, 3.8) is 0 Å². The predicted octanol–water partition coefficient (Wildman–Crippen LogP) is 2.06. The summed E-state index contributed by atoms with van der Waals surface area (Å²) < 4.78 is 0. The summed E-state index contributed by atoms with van der Waals surface area (Å²) in [6, 6.07) is 9.68. The molecule has 0 aromatic heterocycles. The van der Waals surface area contributed by atoms with Gasteiger partial charge in [0.05, 0.1) is 0 Å². The monoisotopic (exact) mass is 182 g/mol. The van der Waals surface area contributed by atoms with Gasteiger partial charge in [-0.05, 0) is 5.56 Å². The van der Waals surface area contributed by atoms with Gasteiger partial charge in [0.25, 0.3) is 0 Å². The maximum absolute atomic E-state index is 9.97. The van der Waals surface area contributed by atoms with Gasteiger partial charge in [0, 0.05) is 13.5 Å². The Morgan fingerprint density at radius 3 is 2.00 bits per heavy atom. The molecule has 0 atom stereocenters. The Morgan fingerprint density at radius 2 is 1.62 bits per heavy atom. The lowest BCUT2D eigenvalue weighted by Gasteiger charge is -1.89. The number of aliphatic hydroxyl groups excluding tert-OH is 1. The molecule has 0 heterocycles. The van der Waals surface area contributed by atoms with E-state index >= 15 is 0 Å². The van der Waals surface area contributed by atoms with Gasteiger partial charge in [-0.25, -0.2) is 0 Å². The van der Waals surface area contributed by atoms with Crippen LogP contribution in [-0.2, 0) is 11.2 Å². The van der Waals surface area contributed by atoms with Crippen molar-refractivity contribution in [3.8, 4) is 0 Å². The molecule has 0 saturated carbocycles. The van der Waals surface area contributed by atoms with Crippen molar-refractivity contribution in [3.05, 3.63) is 35.9 Å². The van der Waals surface area contributed by atoms with Crippen LogP contribution in [-0.4, -0.2) is 18.5 Å². The Balaban J connectivity index is 0. The second kappa shape index (κ2) is 13.4. The van der Waals surface area contributed by atoms with E-state index < -0.39 is 0 Å². The molecule has 0 bridgehead atoms. The van der Waals surface area contributed by atoms with E-state index in [1.165, 1.54) is 0 Å². The molecule has 0 fully saturated rings. The molecule has 0 aliphatic heterocycles. The number of aliphatic hydroxyl groups is 1. The number of benzene rings is 1. The Morgan fingerprint density at radius 1 is 1.15 bits per heavy atom. The van der Waals surface area contributed by atoms with Crippen LogP contribution in [0.5, 0.6) is 0 Å². The van der Waals surface area contributed by atoms with E-state index in [-0.39, 0.29) is 0 Å². The van der Waals surface area contributed by atoms with Gasteiger partial charge >= 0.3 is 0 Å². The highest BCUT2D eigenvalue weighted by molar-refractivity contribution is 5.54. The quantitative estimate of drug-likeness (QED) is 0.711. The highest BCUT2D eigenvalue weighted by atomic mass is 16.2. The van der Waals surface area contributed by atoms with Crippen LogP contribution in [0.1, 0.15) is 19.4 Å². The first kappa shape index (κ1) is 14.4. The lowest BCUT2D eigenvalue weighted by atomic mass is 10.2. The fourth-order valence-electron chi connectivity index (χ4n) is 0.710. The van der Waals surface area contributed by atoms with Crippen molar-refractivity contribution in [1.29, 1.82) is 0 Å². The van der Waals surface area contributed by atoms with Crippen LogP contribution in [0.4, 0.5) is 0 Å². The van der Waals surface area contributed by atoms with Crippen molar-refractivity contribution in [1.82, 2.24) is 0 Å². The molecule has 0 amide bonds. The molecular formula is C11H18O2. The summed E-state index contributed by atoms with van der Waals surface area (Å²) in [5.74, 6) is 0. The second-order valence-corrected chi connectivity index (χ2v) is 1.86. The number of hydrogen-bond donors (Lipinski definition) is 1. The zero-order chi connectivity index (χ0) is 10.5. The first-order valence-corrected chi connectivity index (χ1v) is 4.36. The number of carbonyl (C=O) groups is 1. The molecule has 0 radical (unpaired) electrons. The summed E-state index contributed by atoms with van der Waals surface area (Å²) in [6.45, 7) is 4.00. The van der Waals surface area contributed by atoms with Crippen LogP contribution in [0, 0.1) is 0 Å². The smallest absolute Gasteiger partial charge is 0.124 e. The van der Waals surface area contributed by atoms with E-state index in [1.807, 2.05) is 44.2 Å². The maximum atomic E-state index is 9.97. The molecule has 74 valence electrons. The van der Waals surface area contributed by atoms with E-state index in [9.17, 15) is 4.79 Å². The van der Waals surface area contributed by atoms with Gasteiger partial charge < -0.3 is 9.90 Å². The minimum Gasteiger partial charge on any atom is -0.400 e. The van der Waals surface area contributed by atoms with Gasteiger partial charge in [-0.1, -0.05) is 44.2 Å². The first-order chi connectivity index (χ1) is 6.43. The van der Waals surface area contributed by atoms with Crippen LogP contribution in [0.15, 0.2) is 30.3 Å². The Labute approximate surface area is 80.2 Å². The van der Waals surface area contributed by atoms with Crippen LogP contribution in [0.3, 0.4) is 0 Å². The molecule has 0 aliphatic rings. The van der Waals surface area contributed by atoms with Gasteiger partial charge in [0.15, 0.2) is 0 Å². The second-order valence-electron chi connectivity index (χ2n) is 1.86. The van der Waals surface area contributed by atoms with E-state index in [2.05, 4.69) is 0 Å². The number of aldehydes is 1. The number of rotatable bonds is 2. The minimum absolute atomic E-state index is 0.529. The topological polar surface area (TPSA) is 37.3 Å². The average Bonchev–Trinajstić information content (AvgIpc) is 2.26. The predicted molar refractivity (Wildman–Crippen MR) is 55.7 cm³/mol. The van der Waals surface area contributed by atoms with Gasteiger partial charge in [-0.3, -0.25) is 0 Å². The summed E-state index contributed by atoms with van der Waals surface area (Å²) in [5, 5.41) is 7.00. The third-order valence-electron chi connectivity index (χ3n) is 1.16. The Kier molecular flexibility index (Phi) is 14.9. The van der Waals surface area contributed by atoms with Gasteiger partial charge in [0.2, 0.25) is 0 Å². The molecule has 2 heteroatoms. The van der Waals surface area contributed by atoms with Gasteiger partial charge in [0.1, 0.15) is 6.29 Å². The standard InChI is InChI=1S/C8H8O.C2H6.CH4O/c9-7-6-8-4-2-1-3-5-8;2*1-2/h1-5,7H,6H2;1-2H3;2H,1H3. The molecule has 0 saturated heterocycles. The molecule has 1 N–H and O–H groups in total. The zero-order valence-electron chi connectivity index (χ0n) is 8.53. The summed E-state index contributed by atoms with van der Waals surface area (Å²) in [5.41, 5.74) is 1.08. The average molecular weight is 182 g/mol.